The van der Waals surface area contributed by atoms with Crippen LogP contribution in [0, 0.1) is 0 Å². The molecule has 0 aromatic heterocycles. The fraction of sp³-hybridized carbons (Fsp3) is 0.222. The van der Waals surface area contributed by atoms with E-state index in [4.69, 9.17) is 11.6 Å². The third-order valence-electron chi connectivity index (χ3n) is 1.56. The molecule has 0 saturated carbocycles. The zero-order valence-corrected chi connectivity index (χ0v) is 8.95. The van der Waals surface area contributed by atoms with Crippen molar-refractivity contribution in [2.75, 3.05) is 0 Å². The number of carbonyl (C=O) groups is 1. The van der Waals surface area contributed by atoms with Crippen LogP contribution in [0.1, 0.15) is 23.7 Å². The first-order chi connectivity index (χ1) is 5.65. The third-order valence-corrected chi connectivity index (χ3v) is 2.78. The summed E-state index contributed by atoms with van der Waals surface area (Å²) in [7, 11) is 0. The molecule has 0 spiro atoms. The maximum Gasteiger partial charge on any atom is 0.162 e. The lowest BCUT2D eigenvalue weighted by Crippen LogP contribution is -1.95. The van der Waals surface area contributed by atoms with Crippen LogP contribution >= 0.6 is 27.5 Å². The van der Waals surface area contributed by atoms with Gasteiger partial charge < -0.3 is 0 Å². The van der Waals surface area contributed by atoms with Crippen LogP contribution < -0.4 is 0 Å². The summed E-state index contributed by atoms with van der Waals surface area (Å²) in [4.78, 5) is 11.2. The van der Waals surface area contributed by atoms with Crippen molar-refractivity contribution in [3.8, 4) is 0 Å². The van der Waals surface area contributed by atoms with E-state index in [2.05, 4.69) is 15.9 Å². The molecule has 0 fully saturated rings. The summed E-state index contributed by atoms with van der Waals surface area (Å²) >= 11 is 9.03. The van der Waals surface area contributed by atoms with E-state index in [1.54, 1.807) is 18.2 Å². The van der Waals surface area contributed by atoms with Crippen LogP contribution in [0.5, 0.6) is 0 Å². The van der Waals surface area contributed by atoms with Crippen LogP contribution in [-0.2, 0) is 0 Å². The Morgan fingerprint density at radius 3 is 2.75 bits per heavy atom. The molecule has 0 N–H and O–H groups in total. The molecule has 0 bridgehead atoms. The summed E-state index contributed by atoms with van der Waals surface area (Å²) in [6.07, 6.45) is 0.522. The molecule has 1 rings (SSSR count). The van der Waals surface area contributed by atoms with Crippen molar-refractivity contribution in [3.63, 3.8) is 0 Å². The number of carbonyl (C=O) groups excluding carboxylic acids is 1. The molecule has 0 aliphatic carbocycles. The lowest BCUT2D eigenvalue weighted by Gasteiger charge is -1.99. The van der Waals surface area contributed by atoms with Gasteiger partial charge in [-0.3, -0.25) is 4.79 Å². The van der Waals surface area contributed by atoms with Crippen molar-refractivity contribution < 1.29 is 4.79 Å². The van der Waals surface area contributed by atoms with E-state index in [0.717, 1.165) is 4.47 Å². The Balaban J connectivity index is 3.05. The Hall–Kier alpha value is -0.340. The molecule has 0 heterocycles. The van der Waals surface area contributed by atoms with Gasteiger partial charge in [-0.25, -0.2) is 0 Å². The Kier molecular flexibility index (Phi) is 3.29. The van der Waals surface area contributed by atoms with Gasteiger partial charge in [0.15, 0.2) is 5.78 Å². The molecule has 0 radical (unpaired) electrons. The predicted molar refractivity (Wildman–Crippen MR) is 53.8 cm³/mol. The summed E-state index contributed by atoms with van der Waals surface area (Å²) in [5.41, 5.74) is 0.703. The van der Waals surface area contributed by atoms with Gasteiger partial charge >= 0.3 is 0 Å². The molecule has 0 aliphatic rings. The van der Waals surface area contributed by atoms with Gasteiger partial charge in [0, 0.05) is 16.5 Å². The summed E-state index contributed by atoms with van der Waals surface area (Å²) in [6, 6.07) is 5.20. The Bertz CT molecular complexity index is 309. The Labute approximate surface area is 84.9 Å². The van der Waals surface area contributed by atoms with Crippen molar-refractivity contribution in [1.29, 1.82) is 0 Å². The number of Topliss-reactive ketones (excluding diaryl/α,β-unsaturated/α-hetero) is 1. The van der Waals surface area contributed by atoms with Crippen molar-refractivity contribution in [2.45, 2.75) is 13.3 Å². The zero-order valence-electron chi connectivity index (χ0n) is 6.60. The van der Waals surface area contributed by atoms with Gasteiger partial charge in [-0.2, -0.15) is 0 Å². The molecule has 64 valence electrons. The van der Waals surface area contributed by atoms with E-state index in [9.17, 15) is 4.79 Å². The average molecular weight is 248 g/mol. The van der Waals surface area contributed by atoms with Crippen LogP contribution in [-0.4, -0.2) is 5.78 Å². The van der Waals surface area contributed by atoms with Gasteiger partial charge in [0.2, 0.25) is 0 Å². The molecular formula is C9H8BrClO. The maximum absolute atomic E-state index is 11.2. The number of hydrogen-bond donors (Lipinski definition) is 0. The molecule has 0 atom stereocenters. The third kappa shape index (κ3) is 2.08. The standard InChI is InChI=1S/C9H8BrClO/c1-2-9(12)6-3-4-8(11)7(10)5-6/h3-5H,2H2,1H3. The van der Waals surface area contributed by atoms with Gasteiger partial charge in [0.1, 0.15) is 0 Å². The Morgan fingerprint density at radius 1 is 1.58 bits per heavy atom. The lowest BCUT2D eigenvalue weighted by atomic mass is 10.1. The topological polar surface area (TPSA) is 17.1 Å². The van der Waals surface area contributed by atoms with E-state index in [-0.39, 0.29) is 5.78 Å². The van der Waals surface area contributed by atoms with Crippen LogP contribution in [0.3, 0.4) is 0 Å². The van der Waals surface area contributed by atoms with E-state index in [0.29, 0.717) is 17.0 Å². The minimum Gasteiger partial charge on any atom is -0.294 e. The fourth-order valence-electron chi connectivity index (χ4n) is 0.874. The first-order valence-electron chi connectivity index (χ1n) is 3.63. The second-order valence-corrected chi connectivity index (χ2v) is 3.67. The second-order valence-electron chi connectivity index (χ2n) is 2.41. The van der Waals surface area contributed by atoms with Gasteiger partial charge in [-0.05, 0) is 34.1 Å². The largest absolute Gasteiger partial charge is 0.294 e. The monoisotopic (exact) mass is 246 g/mol. The molecule has 1 aromatic carbocycles. The molecule has 0 saturated heterocycles. The first-order valence-corrected chi connectivity index (χ1v) is 4.80. The highest BCUT2D eigenvalue weighted by Crippen LogP contribution is 2.23. The number of hydrogen-bond acceptors (Lipinski definition) is 1. The molecule has 1 aromatic rings. The smallest absolute Gasteiger partial charge is 0.162 e. The van der Waals surface area contributed by atoms with Crippen molar-refractivity contribution in [3.05, 3.63) is 33.3 Å². The lowest BCUT2D eigenvalue weighted by molar-refractivity contribution is 0.0988. The normalized spacial score (nSPS) is 9.92. The van der Waals surface area contributed by atoms with Crippen LogP contribution in [0.25, 0.3) is 0 Å². The zero-order chi connectivity index (χ0) is 9.14. The summed E-state index contributed by atoms with van der Waals surface area (Å²) < 4.78 is 0.767. The molecule has 0 unspecified atom stereocenters. The van der Waals surface area contributed by atoms with E-state index >= 15 is 0 Å². The van der Waals surface area contributed by atoms with Gasteiger partial charge in [0.25, 0.3) is 0 Å². The molecule has 1 nitrogen and oxygen atoms in total. The molecule has 0 aliphatic heterocycles. The van der Waals surface area contributed by atoms with Crippen molar-refractivity contribution in [1.82, 2.24) is 0 Å². The van der Waals surface area contributed by atoms with Crippen LogP contribution in [0.2, 0.25) is 5.02 Å². The summed E-state index contributed by atoms with van der Waals surface area (Å²) in [6.45, 7) is 1.84. The molecule has 12 heavy (non-hydrogen) atoms. The SMILES string of the molecule is CCC(=O)c1ccc(Cl)c(Br)c1. The van der Waals surface area contributed by atoms with E-state index in [1.807, 2.05) is 6.92 Å². The minimum absolute atomic E-state index is 0.132. The molecule has 3 heteroatoms. The number of halogens is 2. The van der Waals surface area contributed by atoms with Crippen molar-refractivity contribution >= 4 is 33.3 Å². The number of benzene rings is 1. The van der Waals surface area contributed by atoms with Gasteiger partial charge in [-0.1, -0.05) is 18.5 Å². The minimum atomic E-state index is 0.132. The Morgan fingerprint density at radius 2 is 2.25 bits per heavy atom. The summed E-state index contributed by atoms with van der Waals surface area (Å²) in [5, 5.41) is 0.627. The highest BCUT2D eigenvalue weighted by atomic mass is 79.9. The number of ketones is 1. The van der Waals surface area contributed by atoms with Gasteiger partial charge in [0.05, 0.1) is 5.02 Å². The highest BCUT2D eigenvalue weighted by molar-refractivity contribution is 9.10. The second kappa shape index (κ2) is 4.06. The highest BCUT2D eigenvalue weighted by Gasteiger charge is 2.04. The predicted octanol–water partition coefficient (Wildman–Crippen LogP) is 3.70. The quantitative estimate of drug-likeness (QED) is 0.728. The van der Waals surface area contributed by atoms with Crippen LogP contribution in [0.15, 0.2) is 22.7 Å². The summed E-state index contributed by atoms with van der Waals surface area (Å²) in [5.74, 6) is 0.132. The molecule has 0 amide bonds. The molecular weight excluding hydrogens is 239 g/mol. The van der Waals surface area contributed by atoms with Gasteiger partial charge in [-0.15, -0.1) is 0 Å². The number of rotatable bonds is 2. The van der Waals surface area contributed by atoms with E-state index < -0.39 is 0 Å². The average Bonchev–Trinajstić information content (AvgIpc) is 2.08. The van der Waals surface area contributed by atoms with E-state index in [1.165, 1.54) is 0 Å². The maximum atomic E-state index is 11.2. The van der Waals surface area contributed by atoms with Crippen molar-refractivity contribution in [2.24, 2.45) is 0 Å². The fourth-order valence-corrected chi connectivity index (χ4v) is 1.37. The first kappa shape index (κ1) is 9.75. The van der Waals surface area contributed by atoms with Crippen LogP contribution in [0.4, 0.5) is 0 Å².